The van der Waals surface area contributed by atoms with Crippen LogP contribution in [0.25, 0.3) is 0 Å². The molecule has 0 aliphatic carbocycles. The number of rotatable bonds is 6. The fraction of sp³-hybridized carbons (Fsp3) is 0.391. The highest BCUT2D eigenvalue weighted by Gasteiger charge is 2.23. The first kappa shape index (κ1) is 21.0. The number of amides is 2. The van der Waals surface area contributed by atoms with Gasteiger partial charge in [-0.2, -0.15) is 0 Å². The van der Waals surface area contributed by atoms with Crippen molar-refractivity contribution in [2.24, 2.45) is 0 Å². The molecule has 0 atom stereocenters. The van der Waals surface area contributed by atoms with Gasteiger partial charge >= 0.3 is 0 Å². The number of likely N-dealkylation sites (N-methyl/N-ethyl adjacent to an activating group) is 1. The van der Waals surface area contributed by atoms with Gasteiger partial charge in [-0.15, -0.1) is 0 Å². The van der Waals surface area contributed by atoms with E-state index < -0.39 is 5.82 Å². The van der Waals surface area contributed by atoms with Gasteiger partial charge in [0.2, 0.25) is 5.91 Å². The minimum absolute atomic E-state index is 0.0984. The molecule has 1 aliphatic rings. The van der Waals surface area contributed by atoms with E-state index in [4.69, 9.17) is 0 Å². The van der Waals surface area contributed by atoms with Gasteiger partial charge in [-0.1, -0.05) is 36.4 Å². The van der Waals surface area contributed by atoms with E-state index in [1.54, 1.807) is 17.0 Å². The van der Waals surface area contributed by atoms with Crippen molar-refractivity contribution in [2.45, 2.75) is 19.9 Å². The summed E-state index contributed by atoms with van der Waals surface area (Å²) >= 11 is 0. The number of halogens is 1. The Labute approximate surface area is 171 Å². The van der Waals surface area contributed by atoms with Crippen LogP contribution in [0, 0.1) is 5.82 Å². The molecule has 1 aliphatic heterocycles. The Morgan fingerprint density at radius 2 is 1.79 bits per heavy atom. The normalized spacial score (nSPS) is 15.0. The van der Waals surface area contributed by atoms with Crippen LogP contribution in [0.2, 0.25) is 0 Å². The molecule has 0 unspecified atom stereocenters. The largest absolute Gasteiger partial charge is 0.338 e. The minimum atomic E-state index is -0.407. The topological polar surface area (TPSA) is 43.9 Å². The van der Waals surface area contributed by atoms with E-state index in [0.717, 1.165) is 18.5 Å². The van der Waals surface area contributed by atoms with E-state index in [0.29, 0.717) is 44.8 Å². The third-order valence-electron chi connectivity index (χ3n) is 5.26. The van der Waals surface area contributed by atoms with Gasteiger partial charge in [-0.3, -0.25) is 14.5 Å². The quantitative estimate of drug-likeness (QED) is 0.753. The molecule has 2 aromatic carbocycles. The van der Waals surface area contributed by atoms with Crippen LogP contribution in [0.1, 0.15) is 29.3 Å². The fourth-order valence-corrected chi connectivity index (χ4v) is 3.61. The average molecular weight is 397 g/mol. The van der Waals surface area contributed by atoms with Crippen LogP contribution < -0.4 is 0 Å². The minimum Gasteiger partial charge on any atom is -0.338 e. The fourth-order valence-electron chi connectivity index (χ4n) is 3.61. The van der Waals surface area contributed by atoms with E-state index in [1.807, 2.05) is 42.2 Å². The summed E-state index contributed by atoms with van der Waals surface area (Å²) in [7, 11) is 0. The van der Waals surface area contributed by atoms with Crippen LogP contribution >= 0.6 is 0 Å². The zero-order chi connectivity index (χ0) is 20.6. The molecule has 2 aromatic rings. The summed E-state index contributed by atoms with van der Waals surface area (Å²) in [5.41, 5.74) is 1.49. The Hall–Kier alpha value is -2.73. The highest BCUT2D eigenvalue weighted by Crippen LogP contribution is 2.12. The van der Waals surface area contributed by atoms with Crippen LogP contribution in [0.15, 0.2) is 54.6 Å². The molecule has 1 heterocycles. The van der Waals surface area contributed by atoms with Crippen molar-refractivity contribution in [3.63, 3.8) is 0 Å². The summed E-state index contributed by atoms with van der Waals surface area (Å²) in [4.78, 5) is 31.2. The van der Waals surface area contributed by atoms with Crippen molar-refractivity contribution in [3.8, 4) is 0 Å². The first-order valence-electron chi connectivity index (χ1n) is 10.2. The van der Waals surface area contributed by atoms with Crippen molar-refractivity contribution < 1.29 is 14.0 Å². The van der Waals surface area contributed by atoms with Crippen LogP contribution in [-0.4, -0.2) is 65.8 Å². The Balaban J connectivity index is 1.54. The zero-order valence-corrected chi connectivity index (χ0v) is 16.9. The van der Waals surface area contributed by atoms with Gasteiger partial charge in [-0.25, -0.2) is 4.39 Å². The second kappa shape index (κ2) is 10.2. The molecule has 0 spiro atoms. The van der Waals surface area contributed by atoms with Gasteiger partial charge in [0.25, 0.3) is 5.91 Å². The third-order valence-corrected chi connectivity index (χ3v) is 5.26. The van der Waals surface area contributed by atoms with Crippen molar-refractivity contribution in [2.75, 3.05) is 39.3 Å². The van der Waals surface area contributed by atoms with Gasteiger partial charge in [0.1, 0.15) is 5.82 Å². The highest BCUT2D eigenvalue weighted by molar-refractivity contribution is 5.94. The van der Waals surface area contributed by atoms with Gasteiger partial charge in [0.15, 0.2) is 0 Å². The highest BCUT2D eigenvalue weighted by atomic mass is 19.1. The molecule has 0 radical (unpaired) electrons. The smallest absolute Gasteiger partial charge is 0.254 e. The van der Waals surface area contributed by atoms with E-state index >= 15 is 0 Å². The van der Waals surface area contributed by atoms with Gasteiger partial charge in [-0.05, 0) is 37.1 Å². The van der Waals surface area contributed by atoms with E-state index in [-0.39, 0.29) is 11.8 Å². The Kier molecular flexibility index (Phi) is 7.36. The predicted molar refractivity (Wildman–Crippen MR) is 111 cm³/mol. The molecule has 6 heteroatoms. The molecule has 1 fully saturated rings. The lowest BCUT2D eigenvalue weighted by molar-refractivity contribution is -0.132. The third kappa shape index (κ3) is 5.87. The van der Waals surface area contributed by atoms with Crippen molar-refractivity contribution in [1.82, 2.24) is 14.7 Å². The Bertz CT molecular complexity index is 828. The monoisotopic (exact) mass is 397 g/mol. The number of benzene rings is 2. The maximum Gasteiger partial charge on any atom is 0.254 e. The number of hydrogen-bond acceptors (Lipinski definition) is 3. The summed E-state index contributed by atoms with van der Waals surface area (Å²) in [6, 6.07) is 15.8. The van der Waals surface area contributed by atoms with E-state index in [2.05, 4.69) is 4.90 Å². The molecular formula is C23H28FN3O2. The molecule has 154 valence electrons. The lowest BCUT2D eigenvalue weighted by atomic mass is 10.2. The number of carbonyl (C=O) groups is 2. The second-order valence-corrected chi connectivity index (χ2v) is 7.33. The lowest BCUT2D eigenvalue weighted by Crippen LogP contribution is -2.41. The molecule has 0 saturated carbocycles. The molecule has 0 N–H and O–H groups in total. The summed E-state index contributed by atoms with van der Waals surface area (Å²) in [5, 5.41) is 0. The summed E-state index contributed by atoms with van der Waals surface area (Å²) in [6.45, 7) is 6.15. The number of hydrogen-bond donors (Lipinski definition) is 0. The maximum absolute atomic E-state index is 13.4. The van der Waals surface area contributed by atoms with Crippen LogP contribution in [0.4, 0.5) is 4.39 Å². The van der Waals surface area contributed by atoms with E-state index in [9.17, 15) is 14.0 Å². The van der Waals surface area contributed by atoms with E-state index in [1.165, 1.54) is 12.1 Å². The van der Waals surface area contributed by atoms with Crippen molar-refractivity contribution in [3.05, 3.63) is 71.5 Å². The first-order valence-corrected chi connectivity index (χ1v) is 10.2. The van der Waals surface area contributed by atoms with Gasteiger partial charge < -0.3 is 9.80 Å². The lowest BCUT2D eigenvalue weighted by Gasteiger charge is -2.26. The molecular weight excluding hydrogens is 369 g/mol. The Morgan fingerprint density at radius 1 is 1.00 bits per heavy atom. The van der Waals surface area contributed by atoms with Crippen LogP contribution in [-0.2, 0) is 11.3 Å². The molecule has 5 nitrogen and oxygen atoms in total. The van der Waals surface area contributed by atoms with Gasteiger partial charge in [0.05, 0.1) is 6.54 Å². The van der Waals surface area contributed by atoms with Gasteiger partial charge in [0, 0.05) is 44.8 Å². The zero-order valence-electron chi connectivity index (χ0n) is 16.9. The molecule has 1 saturated heterocycles. The predicted octanol–water partition coefficient (Wildman–Crippen LogP) is 3.02. The summed E-state index contributed by atoms with van der Waals surface area (Å²) in [6.07, 6.45) is 0.791. The molecule has 0 aromatic heterocycles. The molecule has 2 amide bonds. The number of carbonyl (C=O) groups excluding carboxylic acids is 2. The Morgan fingerprint density at radius 3 is 2.52 bits per heavy atom. The molecule has 0 bridgehead atoms. The first-order chi connectivity index (χ1) is 14.1. The molecule has 29 heavy (non-hydrogen) atoms. The SMILES string of the molecule is CCN(Cc1ccccc1)C(=O)CN1CCCN(C(=O)c2cccc(F)c2)CC1. The van der Waals surface area contributed by atoms with Crippen molar-refractivity contribution >= 4 is 11.8 Å². The second-order valence-electron chi connectivity index (χ2n) is 7.33. The van der Waals surface area contributed by atoms with Crippen LogP contribution in [0.5, 0.6) is 0 Å². The summed E-state index contributed by atoms with van der Waals surface area (Å²) < 4.78 is 13.4. The number of nitrogens with zero attached hydrogens (tertiary/aromatic N) is 3. The van der Waals surface area contributed by atoms with Crippen molar-refractivity contribution in [1.29, 1.82) is 0 Å². The van der Waals surface area contributed by atoms with Crippen LogP contribution in [0.3, 0.4) is 0 Å². The standard InChI is InChI=1S/C23H28FN3O2/c1-2-26(17-19-8-4-3-5-9-19)22(28)18-25-12-7-13-27(15-14-25)23(29)20-10-6-11-21(24)16-20/h3-6,8-11,16H,2,7,12-15,17-18H2,1H3. The molecule has 3 rings (SSSR count). The summed E-state index contributed by atoms with van der Waals surface area (Å²) in [5.74, 6) is -0.464. The maximum atomic E-state index is 13.4. The average Bonchev–Trinajstić information content (AvgIpc) is 2.97.